The Morgan fingerprint density at radius 2 is 1.83 bits per heavy atom. The highest BCUT2D eigenvalue weighted by molar-refractivity contribution is 7.10. The predicted molar refractivity (Wildman–Crippen MR) is 107 cm³/mol. The van der Waals surface area contributed by atoms with Gasteiger partial charge < -0.3 is 9.84 Å². The number of urea groups is 1. The van der Waals surface area contributed by atoms with Gasteiger partial charge in [-0.3, -0.25) is 25.0 Å². The lowest BCUT2D eigenvalue weighted by Gasteiger charge is -2.29. The number of carbonyl (C=O) groups excluding carboxylic acids is 4. The molecular formula is C21H18N2O6S. The number of fused-ring (bicyclic) bond motifs is 1. The van der Waals surface area contributed by atoms with Crippen molar-refractivity contribution >= 4 is 35.0 Å². The van der Waals surface area contributed by atoms with E-state index in [2.05, 4.69) is 10.6 Å². The van der Waals surface area contributed by atoms with Gasteiger partial charge in [0.1, 0.15) is 23.5 Å². The zero-order chi connectivity index (χ0) is 21.4. The Labute approximate surface area is 175 Å². The van der Waals surface area contributed by atoms with E-state index < -0.39 is 41.6 Å². The highest BCUT2D eigenvalue weighted by Gasteiger charge is 2.43. The maximum absolute atomic E-state index is 13.2. The van der Waals surface area contributed by atoms with Crippen molar-refractivity contribution in [1.82, 2.24) is 10.6 Å². The minimum absolute atomic E-state index is 0.0861. The summed E-state index contributed by atoms with van der Waals surface area (Å²) in [6.45, 7) is 1.59. The van der Waals surface area contributed by atoms with Gasteiger partial charge in [-0.1, -0.05) is 24.3 Å². The van der Waals surface area contributed by atoms with Crippen molar-refractivity contribution in [2.24, 2.45) is 5.92 Å². The number of para-hydroxylation sites is 1. The van der Waals surface area contributed by atoms with Gasteiger partial charge in [-0.2, -0.15) is 0 Å². The molecule has 1 saturated heterocycles. The summed E-state index contributed by atoms with van der Waals surface area (Å²) in [6, 6.07) is 9.46. The third kappa shape index (κ3) is 3.53. The normalized spacial score (nSPS) is 20.2. The maximum Gasteiger partial charge on any atom is 0.328 e. The van der Waals surface area contributed by atoms with Gasteiger partial charge in [-0.15, -0.1) is 11.3 Å². The number of thiophene rings is 1. The summed E-state index contributed by atoms with van der Waals surface area (Å²) in [5, 5.41) is 16.7. The van der Waals surface area contributed by atoms with Crippen LogP contribution in [-0.4, -0.2) is 28.7 Å². The van der Waals surface area contributed by atoms with Gasteiger partial charge in [0.2, 0.25) is 11.8 Å². The highest BCUT2D eigenvalue weighted by atomic mass is 32.1. The molecule has 2 unspecified atom stereocenters. The highest BCUT2D eigenvalue weighted by Crippen LogP contribution is 2.40. The summed E-state index contributed by atoms with van der Waals surface area (Å²) >= 11 is 1.30. The van der Waals surface area contributed by atoms with E-state index in [9.17, 15) is 24.3 Å². The quantitative estimate of drug-likeness (QED) is 0.630. The first kappa shape index (κ1) is 20.0. The number of imide groups is 2. The largest absolute Gasteiger partial charge is 0.461 e. The van der Waals surface area contributed by atoms with E-state index in [0.717, 1.165) is 0 Å². The number of aliphatic hydroxyl groups is 1. The second kappa shape index (κ2) is 7.85. The fourth-order valence-electron chi connectivity index (χ4n) is 3.81. The Morgan fingerprint density at radius 1 is 1.13 bits per heavy atom. The number of rotatable bonds is 5. The van der Waals surface area contributed by atoms with Crippen LogP contribution >= 0.6 is 11.3 Å². The van der Waals surface area contributed by atoms with Crippen molar-refractivity contribution in [3.63, 3.8) is 0 Å². The van der Waals surface area contributed by atoms with Crippen LogP contribution in [0.1, 0.15) is 35.8 Å². The summed E-state index contributed by atoms with van der Waals surface area (Å²) in [4.78, 5) is 50.1. The van der Waals surface area contributed by atoms with Gasteiger partial charge in [0, 0.05) is 22.8 Å². The van der Waals surface area contributed by atoms with Crippen molar-refractivity contribution < 1.29 is 29.0 Å². The number of amides is 4. The molecule has 2 aliphatic rings. The van der Waals surface area contributed by atoms with Gasteiger partial charge in [0.05, 0.1) is 5.57 Å². The third-order valence-electron chi connectivity index (χ3n) is 5.18. The minimum atomic E-state index is -1.25. The molecule has 3 heterocycles. The second-order valence-corrected chi connectivity index (χ2v) is 8.03. The van der Waals surface area contributed by atoms with E-state index in [4.69, 9.17) is 4.74 Å². The molecule has 9 heteroatoms. The Bertz CT molecular complexity index is 1050. The van der Waals surface area contributed by atoms with Gasteiger partial charge in [0.15, 0.2) is 5.78 Å². The predicted octanol–water partition coefficient (Wildman–Crippen LogP) is 2.17. The van der Waals surface area contributed by atoms with E-state index >= 15 is 0 Å². The Hall–Kier alpha value is -3.30. The number of hydrogen-bond donors (Lipinski definition) is 3. The number of hydrogen-bond acceptors (Lipinski definition) is 7. The molecule has 3 N–H and O–H groups in total. The van der Waals surface area contributed by atoms with Gasteiger partial charge in [-0.25, -0.2) is 4.79 Å². The number of allylic oxidation sites excluding steroid dienone is 1. The minimum Gasteiger partial charge on any atom is -0.461 e. The fraction of sp³-hybridized carbons (Fsp3) is 0.238. The molecule has 2 atom stereocenters. The van der Waals surface area contributed by atoms with Crippen LogP contribution < -0.4 is 15.4 Å². The summed E-state index contributed by atoms with van der Waals surface area (Å²) < 4.78 is 5.71. The molecular weight excluding hydrogens is 408 g/mol. The Kier molecular flexibility index (Phi) is 5.23. The number of ketones is 1. The number of nitrogens with one attached hydrogen (secondary N) is 2. The summed E-state index contributed by atoms with van der Waals surface area (Å²) in [5.74, 6) is -3.26. The van der Waals surface area contributed by atoms with E-state index in [1.54, 1.807) is 48.7 Å². The third-order valence-corrected chi connectivity index (χ3v) is 6.19. The van der Waals surface area contributed by atoms with Gasteiger partial charge >= 0.3 is 6.03 Å². The molecule has 2 aromatic rings. The molecule has 0 radical (unpaired) electrons. The number of carbonyl (C=O) groups is 4. The first-order valence-corrected chi connectivity index (χ1v) is 10.1. The van der Waals surface area contributed by atoms with Gasteiger partial charge in [0.25, 0.3) is 0 Å². The maximum atomic E-state index is 13.2. The molecule has 1 fully saturated rings. The van der Waals surface area contributed by atoms with Crippen LogP contribution in [0.25, 0.3) is 0 Å². The first-order chi connectivity index (χ1) is 14.4. The average Bonchev–Trinajstić information content (AvgIpc) is 3.21. The first-order valence-electron chi connectivity index (χ1n) is 9.24. The van der Waals surface area contributed by atoms with E-state index in [1.165, 1.54) is 11.3 Å². The van der Waals surface area contributed by atoms with E-state index in [1.807, 2.05) is 0 Å². The summed E-state index contributed by atoms with van der Waals surface area (Å²) in [7, 11) is 0. The van der Waals surface area contributed by atoms with Crippen LogP contribution in [0, 0.1) is 5.92 Å². The van der Waals surface area contributed by atoms with E-state index in [0.29, 0.717) is 16.2 Å². The molecule has 4 rings (SSSR count). The van der Waals surface area contributed by atoms with Crippen LogP contribution in [0.15, 0.2) is 53.1 Å². The standard InChI is InChI=1S/C21H18N2O6S/c1-10-16(18(25)11-5-2-3-6-14(11)29-10)13(24)9-12(15-7-4-8-30-15)17-19(26)22-21(28)23-20(17)27/h2-8,12,17-18,25H,9H2,1H3,(H2,22,23,26,27,28). The molecule has 30 heavy (non-hydrogen) atoms. The summed E-state index contributed by atoms with van der Waals surface area (Å²) in [5.41, 5.74) is 0.556. The lowest BCUT2D eigenvalue weighted by molar-refractivity contribution is -0.137. The van der Waals surface area contributed by atoms with Crippen LogP contribution in [0.4, 0.5) is 4.79 Å². The lowest BCUT2D eigenvalue weighted by Crippen LogP contribution is -2.57. The Morgan fingerprint density at radius 3 is 2.50 bits per heavy atom. The number of Topliss-reactive ketones (excluding diaryl/α,β-unsaturated/α-hetero) is 1. The molecule has 0 saturated carbocycles. The topological polar surface area (TPSA) is 122 Å². The molecule has 8 nitrogen and oxygen atoms in total. The molecule has 1 aromatic heterocycles. The molecule has 0 bridgehead atoms. The van der Waals surface area contributed by atoms with Crippen LogP contribution in [0.3, 0.4) is 0 Å². The van der Waals surface area contributed by atoms with Crippen molar-refractivity contribution in [2.45, 2.75) is 25.4 Å². The smallest absolute Gasteiger partial charge is 0.328 e. The van der Waals surface area contributed by atoms with Crippen molar-refractivity contribution in [1.29, 1.82) is 0 Å². The molecule has 1 aromatic carbocycles. The molecule has 0 aliphatic carbocycles. The van der Waals surface area contributed by atoms with Crippen molar-refractivity contribution in [3.8, 4) is 5.75 Å². The second-order valence-electron chi connectivity index (χ2n) is 7.05. The van der Waals surface area contributed by atoms with Crippen LogP contribution in [-0.2, 0) is 14.4 Å². The van der Waals surface area contributed by atoms with E-state index in [-0.39, 0.29) is 17.8 Å². The molecule has 154 valence electrons. The molecule has 0 spiro atoms. The van der Waals surface area contributed by atoms with Crippen LogP contribution in [0.2, 0.25) is 0 Å². The Balaban J connectivity index is 1.66. The number of ether oxygens (including phenoxy) is 1. The average molecular weight is 426 g/mol. The fourth-order valence-corrected chi connectivity index (χ4v) is 4.67. The molecule has 2 aliphatic heterocycles. The zero-order valence-corrected chi connectivity index (χ0v) is 16.7. The lowest BCUT2D eigenvalue weighted by atomic mass is 9.81. The van der Waals surface area contributed by atoms with Gasteiger partial charge in [-0.05, 0) is 24.4 Å². The van der Waals surface area contributed by atoms with Crippen molar-refractivity contribution in [3.05, 3.63) is 63.6 Å². The van der Waals surface area contributed by atoms with Crippen molar-refractivity contribution in [2.75, 3.05) is 0 Å². The zero-order valence-electron chi connectivity index (χ0n) is 15.9. The monoisotopic (exact) mass is 426 g/mol. The number of barbiturate groups is 1. The summed E-state index contributed by atoms with van der Waals surface area (Å²) in [6.07, 6.45) is -1.39. The number of aliphatic hydroxyl groups excluding tert-OH is 1. The number of benzene rings is 1. The van der Waals surface area contributed by atoms with Crippen LogP contribution in [0.5, 0.6) is 5.75 Å². The molecule has 4 amide bonds. The SMILES string of the molecule is CC1=C(C(=O)CC(c2cccs2)C2C(=O)NC(=O)NC2=O)C(O)c2ccccc2O1.